The monoisotopic (exact) mass is 230 g/mol. The fourth-order valence-electron chi connectivity index (χ4n) is 1.30. The zero-order chi connectivity index (χ0) is 12.6. The third kappa shape index (κ3) is 5.70. The number of esters is 1. The fourth-order valence-corrected chi connectivity index (χ4v) is 1.30. The molecule has 94 valence electrons. The highest BCUT2D eigenvalue weighted by molar-refractivity contribution is 5.84. The van der Waals surface area contributed by atoms with Gasteiger partial charge in [0.1, 0.15) is 6.04 Å². The maximum Gasteiger partial charge on any atom is 0.328 e. The van der Waals surface area contributed by atoms with Crippen molar-refractivity contribution in [2.24, 2.45) is 5.92 Å². The number of amides is 1. The Hall–Kier alpha value is -1.10. The number of hydrogen-bond acceptors (Lipinski definition) is 4. The lowest BCUT2D eigenvalue weighted by Crippen LogP contribution is -2.45. The lowest BCUT2D eigenvalue weighted by molar-refractivity contribution is -0.146. The van der Waals surface area contributed by atoms with Gasteiger partial charge in [-0.3, -0.25) is 4.79 Å². The minimum Gasteiger partial charge on any atom is -0.467 e. The van der Waals surface area contributed by atoms with Gasteiger partial charge in [-0.25, -0.2) is 4.79 Å². The van der Waals surface area contributed by atoms with Gasteiger partial charge in [-0.1, -0.05) is 13.8 Å². The first-order valence-electron chi connectivity index (χ1n) is 5.54. The highest BCUT2D eigenvalue weighted by Crippen LogP contribution is 2.04. The van der Waals surface area contributed by atoms with Crippen molar-refractivity contribution in [3.63, 3.8) is 0 Å². The fraction of sp³-hybridized carbons (Fsp3) is 0.818. The summed E-state index contributed by atoms with van der Waals surface area (Å²) in [4.78, 5) is 22.9. The molecular weight excluding hydrogens is 208 g/mol. The Morgan fingerprint density at radius 1 is 1.31 bits per heavy atom. The molecule has 0 bridgehead atoms. The highest BCUT2D eigenvalue weighted by Gasteiger charge is 2.24. The molecule has 0 radical (unpaired) electrons. The second-order valence-electron chi connectivity index (χ2n) is 4.02. The molecule has 0 saturated heterocycles. The van der Waals surface area contributed by atoms with Crippen LogP contribution in [0.2, 0.25) is 0 Å². The van der Waals surface area contributed by atoms with E-state index in [-0.39, 0.29) is 11.8 Å². The molecule has 0 fully saturated rings. The minimum absolute atomic E-state index is 0.0284. The van der Waals surface area contributed by atoms with Gasteiger partial charge in [0.2, 0.25) is 5.91 Å². The molecule has 0 aliphatic heterocycles. The van der Waals surface area contributed by atoms with Gasteiger partial charge in [-0.05, 0) is 25.9 Å². The first-order chi connectivity index (χ1) is 7.52. The molecule has 1 amide bonds. The Kier molecular flexibility index (Phi) is 7.54. The van der Waals surface area contributed by atoms with Crippen molar-refractivity contribution in [2.75, 3.05) is 20.7 Å². The predicted molar refractivity (Wildman–Crippen MR) is 61.9 cm³/mol. The molecule has 1 atom stereocenters. The van der Waals surface area contributed by atoms with E-state index in [9.17, 15) is 9.59 Å². The van der Waals surface area contributed by atoms with Crippen LogP contribution in [0, 0.1) is 5.92 Å². The predicted octanol–water partition coefficient (Wildman–Crippen LogP) is 0.300. The maximum atomic E-state index is 11.5. The van der Waals surface area contributed by atoms with Gasteiger partial charge in [0.05, 0.1) is 7.11 Å². The van der Waals surface area contributed by atoms with E-state index in [4.69, 9.17) is 0 Å². The van der Waals surface area contributed by atoms with E-state index in [1.165, 1.54) is 7.11 Å². The average Bonchev–Trinajstić information content (AvgIpc) is 2.25. The van der Waals surface area contributed by atoms with E-state index in [1.54, 1.807) is 0 Å². The van der Waals surface area contributed by atoms with Gasteiger partial charge in [0, 0.05) is 6.42 Å². The molecule has 16 heavy (non-hydrogen) atoms. The molecule has 0 aromatic heterocycles. The first-order valence-corrected chi connectivity index (χ1v) is 5.54. The largest absolute Gasteiger partial charge is 0.467 e. The number of nitrogens with one attached hydrogen (secondary N) is 2. The second-order valence-corrected chi connectivity index (χ2v) is 4.02. The lowest BCUT2D eigenvalue weighted by Gasteiger charge is -2.19. The topological polar surface area (TPSA) is 67.4 Å². The van der Waals surface area contributed by atoms with Crippen LogP contribution in [0.5, 0.6) is 0 Å². The normalized spacial score (nSPS) is 12.3. The number of hydrogen-bond donors (Lipinski definition) is 2. The van der Waals surface area contributed by atoms with Crippen molar-refractivity contribution in [1.82, 2.24) is 10.6 Å². The van der Waals surface area contributed by atoms with Crippen LogP contribution in [0.4, 0.5) is 0 Å². The highest BCUT2D eigenvalue weighted by atomic mass is 16.5. The summed E-state index contributed by atoms with van der Waals surface area (Å²) in [5, 5.41) is 5.65. The van der Waals surface area contributed by atoms with Gasteiger partial charge < -0.3 is 15.4 Å². The summed E-state index contributed by atoms with van der Waals surface area (Å²) in [6.45, 7) is 4.53. The van der Waals surface area contributed by atoms with Crippen LogP contribution in [-0.4, -0.2) is 38.6 Å². The summed E-state index contributed by atoms with van der Waals surface area (Å²) in [5.74, 6) is -0.475. The molecule has 2 N–H and O–H groups in total. The summed E-state index contributed by atoms with van der Waals surface area (Å²) in [5.41, 5.74) is 0. The molecule has 0 heterocycles. The number of carbonyl (C=O) groups excluding carboxylic acids is 2. The molecule has 5 nitrogen and oxygen atoms in total. The molecule has 0 saturated carbocycles. The van der Waals surface area contributed by atoms with Crippen LogP contribution >= 0.6 is 0 Å². The summed E-state index contributed by atoms with van der Waals surface area (Å²) < 4.78 is 4.63. The van der Waals surface area contributed by atoms with Crippen molar-refractivity contribution >= 4 is 11.9 Å². The van der Waals surface area contributed by atoms with Crippen LogP contribution in [-0.2, 0) is 14.3 Å². The molecule has 0 spiro atoms. The number of carbonyl (C=O) groups is 2. The molecule has 0 rings (SSSR count). The molecule has 0 aliphatic carbocycles. The minimum atomic E-state index is -0.549. The summed E-state index contributed by atoms with van der Waals surface area (Å²) >= 11 is 0. The molecular formula is C11H22N2O3. The Balaban J connectivity index is 4.09. The number of ether oxygens (including phenoxy) is 1. The number of methoxy groups -OCH3 is 1. The van der Waals surface area contributed by atoms with Gasteiger partial charge in [-0.2, -0.15) is 0 Å². The standard InChI is InChI=1S/C11H22N2O3/c1-8(2)10(11(15)16-4)13-9(14)6-5-7-12-3/h8,10,12H,5-7H2,1-4H3,(H,13,14). The van der Waals surface area contributed by atoms with E-state index in [0.717, 1.165) is 13.0 Å². The van der Waals surface area contributed by atoms with Crippen molar-refractivity contribution in [2.45, 2.75) is 32.7 Å². The van der Waals surface area contributed by atoms with Crippen molar-refractivity contribution in [3.8, 4) is 0 Å². The van der Waals surface area contributed by atoms with Gasteiger partial charge in [0.25, 0.3) is 0 Å². The first kappa shape index (κ1) is 14.9. The van der Waals surface area contributed by atoms with E-state index < -0.39 is 12.0 Å². The van der Waals surface area contributed by atoms with Gasteiger partial charge >= 0.3 is 5.97 Å². The molecule has 0 aliphatic rings. The Bertz CT molecular complexity index is 229. The third-order valence-electron chi connectivity index (χ3n) is 2.27. The number of rotatable bonds is 7. The summed E-state index contributed by atoms with van der Waals surface area (Å²) in [6.07, 6.45) is 1.18. The van der Waals surface area contributed by atoms with E-state index in [2.05, 4.69) is 15.4 Å². The van der Waals surface area contributed by atoms with E-state index in [1.807, 2.05) is 20.9 Å². The quantitative estimate of drug-likeness (QED) is 0.487. The SMILES string of the molecule is CNCCCC(=O)NC(C(=O)OC)C(C)C. The Labute approximate surface area is 96.9 Å². The van der Waals surface area contributed by atoms with Crippen molar-refractivity contribution in [1.29, 1.82) is 0 Å². The summed E-state index contributed by atoms with van der Waals surface area (Å²) in [7, 11) is 3.16. The van der Waals surface area contributed by atoms with Crippen molar-refractivity contribution in [3.05, 3.63) is 0 Å². The van der Waals surface area contributed by atoms with Crippen LogP contribution in [0.15, 0.2) is 0 Å². The van der Waals surface area contributed by atoms with E-state index in [0.29, 0.717) is 6.42 Å². The van der Waals surface area contributed by atoms with Crippen LogP contribution in [0.1, 0.15) is 26.7 Å². The molecule has 0 aromatic carbocycles. The van der Waals surface area contributed by atoms with Crippen LogP contribution < -0.4 is 10.6 Å². The molecule has 0 aromatic rings. The van der Waals surface area contributed by atoms with Crippen molar-refractivity contribution < 1.29 is 14.3 Å². The zero-order valence-corrected chi connectivity index (χ0v) is 10.5. The Morgan fingerprint density at radius 2 is 1.94 bits per heavy atom. The molecule has 5 heteroatoms. The smallest absolute Gasteiger partial charge is 0.328 e. The van der Waals surface area contributed by atoms with Crippen LogP contribution in [0.25, 0.3) is 0 Å². The lowest BCUT2D eigenvalue weighted by atomic mass is 10.0. The molecule has 1 unspecified atom stereocenters. The van der Waals surface area contributed by atoms with Gasteiger partial charge in [-0.15, -0.1) is 0 Å². The third-order valence-corrected chi connectivity index (χ3v) is 2.27. The van der Waals surface area contributed by atoms with Crippen LogP contribution in [0.3, 0.4) is 0 Å². The maximum absolute atomic E-state index is 11.5. The second kappa shape index (κ2) is 8.10. The summed E-state index contributed by atoms with van der Waals surface area (Å²) in [6, 6.07) is -0.549. The van der Waals surface area contributed by atoms with E-state index >= 15 is 0 Å². The average molecular weight is 230 g/mol. The van der Waals surface area contributed by atoms with Gasteiger partial charge in [0.15, 0.2) is 0 Å². The Morgan fingerprint density at radius 3 is 2.38 bits per heavy atom. The zero-order valence-electron chi connectivity index (χ0n) is 10.5.